The van der Waals surface area contributed by atoms with E-state index < -0.39 is 5.97 Å². The molecule has 2 aromatic rings. The van der Waals surface area contributed by atoms with Gasteiger partial charge >= 0.3 is 5.97 Å². The molecule has 0 unspecified atom stereocenters. The van der Waals surface area contributed by atoms with Gasteiger partial charge in [-0.05, 0) is 30.7 Å². The van der Waals surface area contributed by atoms with Crippen LogP contribution in [0.15, 0.2) is 48.5 Å². The Bertz CT molecular complexity index is 801. The molecule has 0 radical (unpaired) electrons. The summed E-state index contributed by atoms with van der Waals surface area (Å²) in [7, 11) is 0. The number of aryl methyl sites for hydroxylation is 1. The number of hydrogen-bond acceptors (Lipinski definition) is 4. The maximum atomic E-state index is 12.3. The van der Waals surface area contributed by atoms with Gasteiger partial charge in [0.15, 0.2) is 6.61 Å². The Balaban J connectivity index is 1.50. The van der Waals surface area contributed by atoms with Gasteiger partial charge in [0, 0.05) is 26.2 Å². The number of ether oxygens (including phenoxy) is 1. The minimum atomic E-state index is -0.467. The van der Waals surface area contributed by atoms with E-state index in [4.69, 9.17) is 16.3 Å². The van der Waals surface area contributed by atoms with Crippen molar-refractivity contribution in [2.45, 2.75) is 6.92 Å². The fraction of sp³-hybridized carbons (Fsp3) is 0.300. The molecule has 0 N–H and O–H groups in total. The number of rotatable bonds is 4. The second-order valence-corrected chi connectivity index (χ2v) is 6.62. The number of piperazine rings is 1. The topological polar surface area (TPSA) is 49.9 Å². The molecule has 0 aromatic heterocycles. The van der Waals surface area contributed by atoms with Gasteiger partial charge in [-0.25, -0.2) is 4.79 Å². The number of hydrogen-bond donors (Lipinski definition) is 0. The van der Waals surface area contributed by atoms with Gasteiger partial charge in [-0.3, -0.25) is 4.79 Å². The molecule has 0 bridgehead atoms. The molecular weight excluding hydrogens is 352 g/mol. The highest BCUT2D eigenvalue weighted by Crippen LogP contribution is 2.26. The van der Waals surface area contributed by atoms with E-state index >= 15 is 0 Å². The van der Waals surface area contributed by atoms with E-state index in [0.29, 0.717) is 36.8 Å². The first-order valence-corrected chi connectivity index (χ1v) is 8.94. The van der Waals surface area contributed by atoms with Gasteiger partial charge in [0.05, 0.1) is 16.3 Å². The number of carbonyl (C=O) groups excluding carboxylic acids is 2. The average molecular weight is 373 g/mol. The van der Waals surface area contributed by atoms with Gasteiger partial charge in [0.25, 0.3) is 5.91 Å². The minimum absolute atomic E-state index is 0.175. The summed E-state index contributed by atoms with van der Waals surface area (Å²) in [4.78, 5) is 28.3. The number of para-hydroxylation sites is 1. The second-order valence-electron chi connectivity index (χ2n) is 6.21. The molecule has 1 heterocycles. The highest BCUT2D eigenvalue weighted by Gasteiger charge is 2.23. The second kappa shape index (κ2) is 8.23. The van der Waals surface area contributed by atoms with Crippen LogP contribution in [0.1, 0.15) is 15.9 Å². The molecular formula is C20H21ClN2O3. The van der Waals surface area contributed by atoms with Crippen LogP contribution in [-0.2, 0) is 9.53 Å². The van der Waals surface area contributed by atoms with Gasteiger partial charge < -0.3 is 14.5 Å². The van der Waals surface area contributed by atoms with E-state index in [2.05, 4.69) is 4.90 Å². The van der Waals surface area contributed by atoms with Crippen LogP contribution in [0.5, 0.6) is 0 Å². The van der Waals surface area contributed by atoms with Crippen LogP contribution in [0, 0.1) is 6.92 Å². The van der Waals surface area contributed by atoms with Crippen molar-refractivity contribution in [2.24, 2.45) is 0 Å². The third-order valence-electron chi connectivity index (χ3n) is 4.52. The van der Waals surface area contributed by atoms with Crippen LogP contribution >= 0.6 is 11.6 Å². The Labute approximate surface area is 158 Å². The van der Waals surface area contributed by atoms with E-state index in [9.17, 15) is 9.59 Å². The molecule has 6 heteroatoms. The molecule has 1 aliphatic heterocycles. The van der Waals surface area contributed by atoms with Gasteiger partial charge in [0.2, 0.25) is 0 Å². The maximum Gasteiger partial charge on any atom is 0.338 e. The van der Waals surface area contributed by atoms with Crippen molar-refractivity contribution in [1.29, 1.82) is 0 Å². The molecule has 1 saturated heterocycles. The maximum absolute atomic E-state index is 12.3. The monoisotopic (exact) mass is 372 g/mol. The molecule has 1 amide bonds. The first-order chi connectivity index (χ1) is 12.6. The van der Waals surface area contributed by atoms with Crippen molar-refractivity contribution in [3.8, 4) is 0 Å². The van der Waals surface area contributed by atoms with Crippen LogP contribution in [0.4, 0.5) is 5.69 Å². The summed E-state index contributed by atoms with van der Waals surface area (Å²) in [5.41, 5.74) is 2.30. The fourth-order valence-corrected chi connectivity index (χ4v) is 3.26. The number of esters is 1. The number of benzene rings is 2. The van der Waals surface area contributed by atoms with Crippen LogP contribution in [-0.4, -0.2) is 49.6 Å². The Morgan fingerprint density at radius 2 is 1.65 bits per heavy atom. The Kier molecular flexibility index (Phi) is 5.78. The molecule has 136 valence electrons. The van der Waals surface area contributed by atoms with E-state index in [-0.39, 0.29) is 12.5 Å². The zero-order valence-electron chi connectivity index (χ0n) is 14.7. The Hall–Kier alpha value is -2.53. The zero-order chi connectivity index (χ0) is 18.5. The van der Waals surface area contributed by atoms with Crippen molar-refractivity contribution in [2.75, 3.05) is 37.7 Å². The summed E-state index contributed by atoms with van der Waals surface area (Å²) >= 11 is 6.23. The molecule has 26 heavy (non-hydrogen) atoms. The molecule has 0 spiro atoms. The van der Waals surface area contributed by atoms with Gasteiger partial charge in [-0.2, -0.15) is 0 Å². The van der Waals surface area contributed by atoms with E-state index in [1.165, 1.54) is 0 Å². The predicted molar refractivity (Wildman–Crippen MR) is 102 cm³/mol. The normalized spacial score (nSPS) is 14.2. The molecule has 0 atom stereocenters. The lowest BCUT2D eigenvalue weighted by Crippen LogP contribution is -2.50. The van der Waals surface area contributed by atoms with Crippen LogP contribution in [0.25, 0.3) is 0 Å². The fourth-order valence-electron chi connectivity index (χ4n) is 3.00. The number of anilines is 1. The first kappa shape index (κ1) is 18.3. The summed E-state index contributed by atoms with van der Waals surface area (Å²) < 4.78 is 5.19. The number of halogens is 1. The van der Waals surface area contributed by atoms with Crippen LogP contribution < -0.4 is 4.90 Å². The van der Waals surface area contributed by atoms with Crippen molar-refractivity contribution >= 4 is 29.2 Å². The summed E-state index contributed by atoms with van der Waals surface area (Å²) in [6.45, 7) is 4.14. The lowest BCUT2D eigenvalue weighted by Gasteiger charge is -2.36. The highest BCUT2D eigenvalue weighted by molar-refractivity contribution is 6.33. The SMILES string of the molecule is Cc1ccccc1C(=O)OCC(=O)N1CCN(c2ccccc2Cl)CC1. The van der Waals surface area contributed by atoms with E-state index in [1.807, 2.05) is 43.3 Å². The number of carbonyl (C=O) groups is 2. The smallest absolute Gasteiger partial charge is 0.338 e. The molecule has 0 saturated carbocycles. The quantitative estimate of drug-likeness (QED) is 0.773. The predicted octanol–water partition coefficient (Wildman–Crippen LogP) is 3.15. The Morgan fingerprint density at radius 3 is 2.35 bits per heavy atom. The number of amides is 1. The third kappa shape index (κ3) is 4.17. The Morgan fingerprint density at radius 1 is 1.00 bits per heavy atom. The van der Waals surface area contributed by atoms with Crippen molar-refractivity contribution in [3.63, 3.8) is 0 Å². The lowest BCUT2D eigenvalue weighted by molar-refractivity contribution is -0.134. The molecule has 1 aliphatic rings. The third-order valence-corrected chi connectivity index (χ3v) is 4.84. The lowest BCUT2D eigenvalue weighted by atomic mass is 10.1. The van der Waals surface area contributed by atoms with Gasteiger partial charge in [-0.15, -0.1) is 0 Å². The first-order valence-electron chi connectivity index (χ1n) is 8.56. The zero-order valence-corrected chi connectivity index (χ0v) is 15.4. The summed E-state index contributed by atoms with van der Waals surface area (Å²) in [6, 6.07) is 14.9. The van der Waals surface area contributed by atoms with Crippen molar-refractivity contribution < 1.29 is 14.3 Å². The molecule has 2 aromatic carbocycles. The molecule has 0 aliphatic carbocycles. The molecule has 5 nitrogen and oxygen atoms in total. The molecule has 1 fully saturated rings. The average Bonchev–Trinajstić information content (AvgIpc) is 2.67. The summed E-state index contributed by atoms with van der Waals surface area (Å²) in [6.07, 6.45) is 0. The van der Waals surface area contributed by atoms with Crippen LogP contribution in [0.2, 0.25) is 5.02 Å². The minimum Gasteiger partial charge on any atom is -0.452 e. The van der Waals surface area contributed by atoms with Gasteiger partial charge in [-0.1, -0.05) is 41.9 Å². The number of nitrogens with zero attached hydrogens (tertiary/aromatic N) is 2. The molecule has 3 rings (SSSR count). The van der Waals surface area contributed by atoms with Gasteiger partial charge in [0.1, 0.15) is 0 Å². The van der Waals surface area contributed by atoms with Crippen molar-refractivity contribution in [3.05, 3.63) is 64.7 Å². The van der Waals surface area contributed by atoms with Crippen LogP contribution in [0.3, 0.4) is 0 Å². The largest absolute Gasteiger partial charge is 0.452 e. The van der Waals surface area contributed by atoms with E-state index in [1.54, 1.807) is 17.0 Å². The highest BCUT2D eigenvalue weighted by atomic mass is 35.5. The summed E-state index contributed by atoms with van der Waals surface area (Å²) in [5.74, 6) is -0.642. The summed E-state index contributed by atoms with van der Waals surface area (Å²) in [5, 5.41) is 0.708. The van der Waals surface area contributed by atoms with Crippen molar-refractivity contribution in [1.82, 2.24) is 4.90 Å². The van der Waals surface area contributed by atoms with E-state index in [0.717, 1.165) is 11.3 Å². The standard InChI is InChI=1S/C20H21ClN2O3/c1-15-6-2-3-7-16(15)20(25)26-14-19(24)23-12-10-22(11-13-23)18-9-5-4-8-17(18)21/h2-9H,10-14H2,1H3.